The molecule has 20 heavy (non-hydrogen) atoms. The number of aliphatic hydroxyl groups is 2. The molecule has 0 aliphatic heterocycles. The van der Waals surface area contributed by atoms with Crippen molar-refractivity contribution >= 4 is 17.8 Å². The molecule has 1 aromatic rings. The van der Waals surface area contributed by atoms with Gasteiger partial charge < -0.3 is 20.7 Å². The number of carbonyl (C=O) groups excluding carboxylic acids is 1. The summed E-state index contributed by atoms with van der Waals surface area (Å²) in [4.78, 5) is 13.8. The summed E-state index contributed by atoms with van der Waals surface area (Å²) in [5.74, 6) is -0.698. The Balaban J connectivity index is 2.94. The Bertz CT molecular complexity index is 541. The topological polar surface area (TPSA) is 151 Å². The second-order valence-corrected chi connectivity index (χ2v) is 3.75. The van der Waals surface area contributed by atoms with Crippen LogP contribution in [0.5, 0.6) is 0 Å². The molecule has 0 saturated carbocycles. The van der Waals surface area contributed by atoms with Crippen LogP contribution >= 0.6 is 0 Å². The lowest BCUT2D eigenvalue weighted by Gasteiger charge is -2.19. The Morgan fingerprint density at radius 3 is 2.80 bits per heavy atom. The minimum atomic E-state index is -1.34. The van der Waals surface area contributed by atoms with Gasteiger partial charge in [-0.15, -0.1) is 0 Å². The second-order valence-electron chi connectivity index (χ2n) is 3.75. The van der Waals surface area contributed by atoms with Crippen LogP contribution in [-0.4, -0.2) is 40.2 Å². The maximum atomic E-state index is 11.3. The lowest BCUT2D eigenvalue weighted by molar-refractivity contribution is -0.110. The molecule has 106 valence electrons. The van der Waals surface area contributed by atoms with Crippen molar-refractivity contribution in [2.75, 3.05) is 11.9 Å². The number of benzene rings is 1. The lowest BCUT2D eigenvalue weighted by atomic mass is 10.0. The third-order valence-corrected chi connectivity index (χ3v) is 2.41. The normalized spacial score (nSPS) is 13.5. The summed E-state index contributed by atoms with van der Waals surface area (Å²) in [6.45, 7) is -0.307. The van der Waals surface area contributed by atoms with Gasteiger partial charge in [0, 0.05) is 16.2 Å². The molecule has 9 nitrogen and oxygen atoms in total. The number of oxime groups is 1. The monoisotopic (exact) mass is 279 g/mol. The fourth-order valence-electron chi connectivity index (χ4n) is 1.51. The lowest BCUT2D eigenvalue weighted by Crippen LogP contribution is -2.23. The number of rotatable bonds is 6. The average molecular weight is 279 g/mol. The zero-order chi connectivity index (χ0) is 15.0. The summed E-state index contributed by atoms with van der Waals surface area (Å²) in [5.41, 5.74) is 8.65. The standard InChI is InChI=1S/C11H13N5O4/c12-16-13-5-9(17)11(19)7-3-1-2-4-8(7)15-10(18)6-14-20/h1-4,6,9,11,17,19-20H,5H2,(H,15,18). The van der Waals surface area contributed by atoms with Crippen molar-refractivity contribution in [1.29, 1.82) is 0 Å². The van der Waals surface area contributed by atoms with E-state index in [0.717, 1.165) is 0 Å². The van der Waals surface area contributed by atoms with Gasteiger partial charge in [0.25, 0.3) is 5.91 Å². The van der Waals surface area contributed by atoms with E-state index >= 15 is 0 Å². The molecular formula is C11H13N5O4. The highest BCUT2D eigenvalue weighted by molar-refractivity contribution is 6.31. The number of aliphatic hydroxyl groups excluding tert-OH is 2. The van der Waals surface area contributed by atoms with Gasteiger partial charge in [-0.2, -0.15) is 0 Å². The molecule has 0 bridgehead atoms. The van der Waals surface area contributed by atoms with E-state index in [1.54, 1.807) is 12.1 Å². The van der Waals surface area contributed by atoms with Gasteiger partial charge in [-0.25, -0.2) is 0 Å². The van der Waals surface area contributed by atoms with Crippen molar-refractivity contribution in [2.45, 2.75) is 12.2 Å². The van der Waals surface area contributed by atoms with E-state index in [0.29, 0.717) is 6.21 Å². The highest BCUT2D eigenvalue weighted by Crippen LogP contribution is 2.25. The van der Waals surface area contributed by atoms with Gasteiger partial charge in [0.1, 0.15) is 12.3 Å². The van der Waals surface area contributed by atoms with Gasteiger partial charge in [0.15, 0.2) is 0 Å². The van der Waals surface area contributed by atoms with Crippen molar-refractivity contribution in [2.24, 2.45) is 10.3 Å². The second kappa shape index (κ2) is 7.74. The fourth-order valence-corrected chi connectivity index (χ4v) is 1.51. The molecule has 1 rings (SSSR count). The number of amides is 1. The quantitative estimate of drug-likeness (QED) is 0.152. The zero-order valence-electron chi connectivity index (χ0n) is 10.3. The first-order chi connectivity index (χ1) is 9.60. The van der Waals surface area contributed by atoms with Crippen LogP contribution in [0.15, 0.2) is 34.5 Å². The van der Waals surface area contributed by atoms with Crippen molar-refractivity contribution in [3.8, 4) is 0 Å². The molecule has 0 aliphatic rings. The fraction of sp³-hybridized carbons (Fsp3) is 0.273. The number of azide groups is 1. The zero-order valence-corrected chi connectivity index (χ0v) is 10.3. The van der Waals surface area contributed by atoms with Crippen LogP contribution in [0.2, 0.25) is 0 Å². The van der Waals surface area contributed by atoms with Crippen molar-refractivity contribution in [3.05, 3.63) is 40.3 Å². The summed E-state index contributed by atoms with van der Waals surface area (Å²) in [6, 6.07) is 6.22. The summed E-state index contributed by atoms with van der Waals surface area (Å²) in [7, 11) is 0. The minimum absolute atomic E-state index is 0.241. The van der Waals surface area contributed by atoms with Gasteiger partial charge in [-0.05, 0) is 11.6 Å². The van der Waals surface area contributed by atoms with Gasteiger partial charge in [0.05, 0.1) is 12.6 Å². The highest BCUT2D eigenvalue weighted by atomic mass is 16.4. The number of anilines is 1. The van der Waals surface area contributed by atoms with Crippen molar-refractivity contribution in [3.63, 3.8) is 0 Å². The predicted octanol–water partition coefficient (Wildman–Crippen LogP) is 0.790. The summed E-state index contributed by atoms with van der Waals surface area (Å²) < 4.78 is 0. The number of hydrogen-bond acceptors (Lipinski definition) is 6. The molecule has 0 fully saturated rings. The van der Waals surface area contributed by atoms with E-state index in [9.17, 15) is 15.0 Å². The SMILES string of the molecule is [N-]=[N+]=NCC(O)C(O)c1ccccc1NC(=O)C=NO. The number of hydrogen-bond donors (Lipinski definition) is 4. The molecule has 0 radical (unpaired) electrons. The van der Waals surface area contributed by atoms with Gasteiger partial charge in [0.2, 0.25) is 0 Å². The summed E-state index contributed by atoms with van der Waals surface area (Å²) in [6.07, 6.45) is -2.00. The molecule has 0 aromatic heterocycles. The number of nitrogens with zero attached hydrogens (tertiary/aromatic N) is 4. The third-order valence-electron chi connectivity index (χ3n) is 2.41. The Labute approximate surface area is 113 Å². The van der Waals surface area contributed by atoms with Gasteiger partial charge in [-0.1, -0.05) is 28.5 Å². The molecule has 2 unspecified atom stereocenters. The number of nitrogens with one attached hydrogen (secondary N) is 1. The Kier molecular flexibility index (Phi) is 5.98. The van der Waals surface area contributed by atoms with Crippen LogP contribution in [0.25, 0.3) is 10.4 Å². The maximum absolute atomic E-state index is 11.3. The van der Waals surface area contributed by atoms with Crippen LogP contribution in [0.1, 0.15) is 11.7 Å². The molecule has 0 saturated heterocycles. The largest absolute Gasteiger partial charge is 0.411 e. The first-order valence-electron chi connectivity index (χ1n) is 5.54. The Morgan fingerprint density at radius 2 is 2.15 bits per heavy atom. The van der Waals surface area contributed by atoms with E-state index in [1.807, 2.05) is 0 Å². The van der Waals surface area contributed by atoms with E-state index in [-0.39, 0.29) is 17.8 Å². The van der Waals surface area contributed by atoms with Crippen LogP contribution in [-0.2, 0) is 4.79 Å². The average Bonchev–Trinajstić information content (AvgIpc) is 2.44. The van der Waals surface area contributed by atoms with Crippen LogP contribution in [0, 0.1) is 0 Å². The van der Waals surface area contributed by atoms with Crippen LogP contribution in [0.4, 0.5) is 5.69 Å². The first kappa shape index (κ1) is 15.4. The molecule has 0 heterocycles. The smallest absolute Gasteiger partial charge is 0.270 e. The van der Waals surface area contributed by atoms with Crippen LogP contribution in [0.3, 0.4) is 0 Å². The molecule has 9 heteroatoms. The molecular weight excluding hydrogens is 266 g/mol. The van der Waals surface area contributed by atoms with E-state index in [2.05, 4.69) is 20.5 Å². The summed E-state index contributed by atoms with van der Waals surface area (Å²) >= 11 is 0. The Hall–Kier alpha value is -2.61. The van der Waals surface area contributed by atoms with Crippen LogP contribution < -0.4 is 5.32 Å². The predicted molar refractivity (Wildman–Crippen MR) is 70.3 cm³/mol. The van der Waals surface area contributed by atoms with E-state index in [4.69, 9.17) is 10.7 Å². The highest BCUT2D eigenvalue weighted by Gasteiger charge is 2.20. The molecule has 0 spiro atoms. The summed E-state index contributed by atoms with van der Waals surface area (Å²) in [5, 5.41) is 36.0. The van der Waals surface area contributed by atoms with E-state index < -0.39 is 18.1 Å². The van der Waals surface area contributed by atoms with Crippen molar-refractivity contribution in [1.82, 2.24) is 0 Å². The number of para-hydroxylation sites is 1. The minimum Gasteiger partial charge on any atom is -0.411 e. The maximum Gasteiger partial charge on any atom is 0.270 e. The Morgan fingerprint density at radius 1 is 1.45 bits per heavy atom. The van der Waals surface area contributed by atoms with Gasteiger partial charge in [-0.3, -0.25) is 4.79 Å². The molecule has 0 aliphatic carbocycles. The molecule has 1 aromatic carbocycles. The van der Waals surface area contributed by atoms with Gasteiger partial charge >= 0.3 is 0 Å². The molecule has 1 amide bonds. The van der Waals surface area contributed by atoms with E-state index in [1.165, 1.54) is 12.1 Å². The first-order valence-corrected chi connectivity index (χ1v) is 5.54. The molecule has 2 atom stereocenters. The van der Waals surface area contributed by atoms with Crippen molar-refractivity contribution < 1.29 is 20.2 Å². The number of carbonyl (C=O) groups is 1. The molecule has 4 N–H and O–H groups in total. The third kappa shape index (κ3) is 4.25.